The van der Waals surface area contributed by atoms with E-state index in [9.17, 15) is 0 Å². The average molecular weight is 1140 g/mol. The molecule has 0 N–H and O–H groups in total. The largest absolute Gasteiger partial charge is 0.348 e. The Hall–Kier alpha value is -10.4. The predicted molar refractivity (Wildman–Crippen MR) is 360 cm³/mol. The maximum absolute atomic E-state index is 2.75. The molecule has 0 aromatic heterocycles. The minimum Gasteiger partial charge on any atom is -0.348 e. The van der Waals surface area contributed by atoms with Crippen molar-refractivity contribution in [2.75, 3.05) is 24.5 Å². The monoisotopic (exact) mass is 1140 g/mol. The fourth-order valence-corrected chi connectivity index (χ4v) is 19.9. The number of benzene rings is 12. The first kappa shape index (κ1) is 50.2. The SMILES string of the molecule is C1=C(N(c2ccccc2)c2ccccc2)C=C2C3N1C(c1ccccc1)c1ccccc1[SH]3c1cc3c(cc1N2c1ccccc1)N(c1ccccc1)c1cc(N(c2ccccc2)c2ccccc2)cc2c1[SH]3c1ccccc1N2c1ccccc1. The maximum atomic E-state index is 2.75. The van der Waals surface area contributed by atoms with Gasteiger partial charge in [0, 0.05) is 65.6 Å². The molecule has 5 aliphatic rings. The van der Waals surface area contributed by atoms with Gasteiger partial charge < -0.3 is 29.4 Å². The van der Waals surface area contributed by atoms with E-state index in [0.29, 0.717) is 0 Å². The number of nitrogens with zero attached hydrogens (tertiary/aromatic N) is 6. The van der Waals surface area contributed by atoms with Gasteiger partial charge in [-0.05, 0) is 149 Å². The van der Waals surface area contributed by atoms with Gasteiger partial charge in [0.05, 0.1) is 51.6 Å². The number of anilines is 13. The predicted octanol–water partition coefficient (Wildman–Crippen LogP) is 21.1. The van der Waals surface area contributed by atoms with E-state index < -0.39 is 21.8 Å². The number of para-hydroxylation sites is 8. The first-order chi connectivity index (χ1) is 42.7. The highest BCUT2D eigenvalue weighted by atomic mass is 32.2. The van der Waals surface area contributed by atoms with Gasteiger partial charge in [0.2, 0.25) is 0 Å². The molecule has 6 nitrogen and oxygen atoms in total. The molecule has 17 rings (SSSR count). The van der Waals surface area contributed by atoms with Crippen LogP contribution in [0.2, 0.25) is 0 Å². The minimum atomic E-state index is -1.18. The quantitative estimate of drug-likeness (QED) is 0.132. The zero-order valence-corrected chi connectivity index (χ0v) is 48.7. The summed E-state index contributed by atoms with van der Waals surface area (Å²) in [6.07, 6.45) is 5.01. The van der Waals surface area contributed by atoms with Gasteiger partial charge in [-0.3, -0.25) is 0 Å². The highest BCUT2D eigenvalue weighted by Crippen LogP contribution is 2.75. The van der Waals surface area contributed by atoms with Crippen LogP contribution in [0.25, 0.3) is 0 Å². The van der Waals surface area contributed by atoms with Crippen molar-refractivity contribution in [3.8, 4) is 0 Å². The van der Waals surface area contributed by atoms with E-state index in [0.717, 1.165) is 51.2 Å². The fraction of sp³-hybridized carbons (Fsp3) is 0.0256. The van der Waals surface area contributed by atoms with Crippen molar-refractivity contribution in [3.63, 3.8) is 0 Å². The molecule has 0 radical (unpaired) electrons. The zero-order chi connectivity index (χ0) is 56.7. The molecule has 0 bridgehead atoms. The lowest BCUT2D eigenvalue weighted by atomic mass is 9.95. The summed E-state index contributed by atoms with van der Waals surface area (Å²) in [5, 5.41) is -0.0332. The molecule has 86 heavy (non-hydrogen) atoms. The summed E-state index contributed by atoms with van der Waals surface area (Å²) in [6.45, 7) is 0. The van der Waals surface area contributed by atoms with Crippen molar-refractivity contribution in [2.24, 2.45) is 0 Å². The van der Waals surface area contributed by atoms with Crippen LogP contribution in [0.1, 0.15) is 17.2 Å². The molecule has 0 spiro atoms. The Morgan fingerprint density at radius 2 is 0.744 bits per heavy atom. The zero-order valence-electron chi connectivity index (χ0n) is 46.9. The van der Waals surface area contributed by atoms with Gasteiger partial charge in [0.1, 0.15) is 5.37 Å². The van der Waals surface area contributed by atoms with E-state index in [1.165, 1.54) is 69.7 Å². The maximum Gasteiger partial charge on any atom is 0.107 e. The second kappa shape index (κ2) is 20.7. The molecule has 0 saturated carbocycles. The van der Waals surface area contributed by atoms with Gasteiger partial charge in [0.25, 0.3) is 0 Å². The second-order valence-electron chi connectivity index (χ2n) is 22.2. The number of allylic oxidation sites excluding steroid dienone is 1. The van der Waals surface area contributed by atoms with Crippen molar-refractivity contribution in [2.45, 2.75) is 35.9 Å². The fourth-order valence-electron chi connectivity index (χ4n) is 13.9. The number of hydrogen-bond donors (Lipinski definition) is 2. The van der Waals surface area contributed by atoms with Gasteiger partial charge in [-0.15, -0.1) is 0 Å². The third-order valence-electron chi connectivity index (χ3n) is 17.3. The third kappa shape index (κ3) is 8.05. The van der Waals surface area contributed by atoms with Crippen molar-refractivity contribution < 1.29 is 0 Å². The van der Waals surface area contributed by atoms with Crippen LogP contribution in [0.5, 0.6) is 0 Å². The topological polar surface area (TPSA) is 19.4 Å². The molecule has 0 amide bonds. The molecule has 8 heteroatoms. The third-order valence-corrected chi connectivity index (χ3v) is 22.8. The van der Waals surface area contributed by atoms with E-state index in [1.54, 1.807) is 0 Å². The number of fused-ring (bicyclic) bond motifs is 8. The van der Waals surface area contributed by atoms with Crippen molar-refractivity contribution >= 4 is 95.7 Å². The van der Waals surface area contributed by atoms with Crippen molar-refractivity contribution in [1.82, 2.24) is 4.90 Å². The van der Waals surface area contributed by atoms with Gasteiger partial charge in [-0.1, -0.05) is 188 Å². The van der Waals surface area contributed by atoms with Crippen LogP contribution >= 0.6 is 21.8 Å². The number of rotatable bonds is 10. The smallest absolute Gasteiger partial charge is 0.107 e. The van der Waals surface area contributed by atoms with E-state index in [1.807, 2.05) is 0 Å². The molecule has 0 aliphatic carbocycles. The number of hydrogen-bond acceptors (Lipinski definition) is 6. The molecule has 0 saturated heterocycles. The highest BCUT2D eigenvalue weighted by Gasteiger charge is 2.50. The van der Waals surface area contributed by atoms with Crippen LogP contribution in [-0.2, 0) is 0 Å². The van der Waals surface area contributed by atoms with Crippen LogP contribution < -0.4 is 24.5 Å². The summed E-state index contributed by atoms with van der Waals surface area (Å²) in [6, 6.07) is 117. The second-order valence-corrected chi connectivity index (χ2v) is 26.5. The molecule has 5 heterocycles. The summed E-state index contributed by atoms with van der Waals surface area (Å²) in [5.41, 5.74) is 19.7. The van der Waals surface area contributed by atoms with Crippen molar-refractivity contribution in [1.29, 1.82) is 0 Å². The van der Waals surface area contributed by atoms with E-state index in [-0.39, 0.29) is 11.4 Å². The molecule has 4 atom stereocenters. The van der Waals surface area contributed by atoms with Gasteiger partial charge >= 0.3 is 0 Å². The van der Waals surface area contributed by atoms with Gasteiger partial charge in [0.15, 0.2) is 0 Å². The Kier molecular flexibility index (Phi) is 12.1. The van der Waals surface area contributed by atoms with E-state index in [4.69, 9.17) is 0 Å². The van der Waals surface area contributed by atoms with Crippen molar-refractivity contribution in [3.05, 3.63) is 350 Å². The van der Waals surface area contributed by atoms with Crippen LogP contribution in [-0.4, -0.2) is 10.3 Å². The van der Waals surface area contributed by atoms with Gasteiger partial charge in [-0.25, -0.2) is 0 Å². The minimum absolute atomic E-state index is 0.0332. The Labute approximate surface area is 508 Å². The molecular weight excluding hydrogens is 1090 g/mol. The Balaban J connectivity index is 0.985. The lowest BCUT2D eigenvalue weighted by Crippen LogP contribution is -2.48. The Morgan fingerprint density at radius 3 is 1.29 bits per heavy atom. The summed E-state index contributed by atoms with van der Waals surface area (Å²) in [5.74, 6) is 0. The standard InChI is InChI=1S/C78H58N6S2/c1-9-29-55(30-10-1)76-65-45-25-27-47-72(65)86-75-53-74-67(52-68(75)84(62-43-23-8-24-44-62)71-51-64(54-79(76)78(71)86)81(58-35-15-4-16-36-58)59-37-17-5-18-38-59)83(61-41-21-7-22-42-61)70-50-63(80(56-31-11-2-12-32-56)57-33-13-3-14-34-57)49-69-77(70)85(74)73-48-28-26-46-66(73)82(69)60-39-19-6-20-40-60/h1-54,76,78,85-86H. The highest BCUT2D eigenvalue weighted by molar-refractivity contribution is 8.18. The normalized spacial score (nSPS) is 18.2. The molecule has 5 aliphatic heterocycles. The number of thiol groups is 2. The summed E-state index contributed by atoms with van der Waals surface area (Å²) in [4.78, 5) is 22.2. The first-order valence-corrected chi connectivity index (χ1v) is 32.2. The summed E-state index contributed by atoms with van der Waals surface area (Å²) < 4.78 is 0. The first-order valence-electron chi connectivity index (χ1n) is 29.5. The molecule has 12 aromatic rings. The van der Waals surface area contributed by atoms with Gasteiger partial charge in [-0.2, -0.15) is 21.8 Å². The van der Waals surface area contributed by atoms with Crippen LogP contribution in [0.4, 0.5) is 73.9 Å². The molecular formula is C78H58N6S2. The Bertz CT molecular complexity index is 4490. The summed E-state index contributed by atoms with van der Waals surface area (Å²) >= 11 is 0. The molecule has 12 aromatic carbocycles. The van der Waals surface area contributed by atoms with E-state index in [2.05, 4.69) is 357 Å². The molecule has 412 valence electrons. The molecule has 0 fully saturated rings. The lowest BCUT2D eigenvalue weighted by Gasteiger charge is -2.57. The van der Waals surface area contributed by atoms with Crippen LogP contribution in [0, 0.1) is 0 Å². The van der Waals surface area contributed by atoms with Crippen LogP contribution in [0.3, 0.4) is 0 Å². The lowest BCUT2D eigenvalue weighted by molar-refractivity contribution is 0.297. The van der Waals surface area contributed by atoms with Crippen LogP contribution in [0.15, 0.2) is 364 Å². The Morgan fingerprint density at radius 1 is 0.314 bits per heavy atom. The average Bonchev–Trinajstić information content (AvgIpc) is 0.705. The summed E-state index contributed by atoms with van der Waals surface area (Å²) in [7, 11) is -2.29. The van der Waals surface area contributed by atoms with E-state index >= 15 is 0 Å². The molecule has 4 unspecified atom stereocenters.